The van der Waals surface area contributed by atoms with Crippen LogP contribution in [0.1, 0.15) is 64.7 Å². The Morgan fingerprint density at radius 1 is 1.11 bits per heavy atom. The van der Waals surface area contributed by atoms with Gasteiger partial charge in [0.05, 0.1) is 6.10 Å². The van der Waals surface area contributed by atoms with Gasteiger partial charge < -0.3 is 10.1 Å². The third-order valence-corrected chi connectivity index (χ3v) is 5.02. The van der Waals surface area contributed by atoms with Crippen LogP contribution >= 0.6 is 0 Å². The van der Waals surface area contributed by atoms with Crippen LogP contribution in [0.5, 0.6) is 0 Å². The molecule has 2 nitrogen and oxygen atoms in total. The molecule has 2 aliphatic carbocycles. The van der Waals surface area contributed by atoms with Crippen LogP contribution in [0.3, 0.4) is 0 Å². The molecule has 1 atom stereocenters. The van der Waals surface area contributed by atoms with Crippen molar-refractivity contribution in [3.8, 4) is 0 Å². The van der Waals surface area contributed by atoms with Crippen LogP contribution in [-0.4, -0.2) is 25.8 Å². The zero-order valence-corrected chi connectivity index (χ0v) is 12.3. The third kappa shape index (κ3) is 3.96. The number of ether oxygens (including phenoxy) is 1. The fraction of sp³-hybridized carbons (Fsp3) is 1.00. The monoisotopic (exact) mass is 253 g/mol. The molecular formula is C16H31NO. The van der Waals surface area contributed by atoms with E-state index >= 15 is 0 Å². The second kappa shape index (κ2) is 7.49. The maximum Gasteiger partial charge on any atom is 0.0580 e. The van der Waals surface area contributed by atoms with Crippen molar-refractivity contribution in [2.24, 2.45) is 11.8 Å². The molecule has 1 unspecified atom stereocenters. The molecule has 2 heteroatoms. The van der Waals surface area contributed by atoms with E-state index in [2.05, 4.69) is 19.3 Å². The van der Waals surface area contributed by atoms with E-state index in [1.165, 1.54) is 57.8 Å². The molecule has 0 aromatic rings. The smallest absolute Gasteiger partial charge is 0.0580 e. The maximum absolute atomic E-state index is 5.67. The first-order valence-electron chi connectivity index (χ1n) is 8.12. The first-order chi connectivity index (χ1) is 8.83. The summed E-state index contributed by atoms with van der Waals surface area (Å²) in [6, 6.07) is 0.760. The van der Waals surface area contributed by atoms with Gasteiger partial charge in [-0.05, 0) is 57.9 Å². The summed E-state index contributed by atoms with van der Waals surface area (Å²) in [6.45, 7) is 2.99. The summed E-state index contributed by atoms with van der Waals surface area (Å²) < 4.78 is 5.67. The average molecular weight is 253 g/mol. The lowest BCUT2D eigenvalue weighted by atomic mass is 9.75. The molecule has 1 N–H and O–H groups in total. The van der Waals surface area contributed by atoms with E-state index in [1.54, 1.807) is 0 Å². The largest absolute Gasteiger partial charge is 0.378 e. The van der Waals surface area contributed by atoms with E-state index < -0.39 is 0 Å². The SMILES string of the molecule is CCOC1CC(CC(NC)C2CCCCCC2)C1. The molecule has 106 valence electrons. The molecule has 0 saturated heterocycles. The maximum atomic E-state index is 5.67. The second-order valence-corrected chi connectivity index (χ2v) is 6.30. The van der Waals surface area contributed by atoms with Gasteiger partial charge in [-0.25, -0.2) is 0 Å². The summed E-state index contributed by atoms with van der Waals surface area (Å²) in [6.07, 6.45) is 13.3. The van der Waals surface area contributed by atoms with E-state index in [0.717, 1.165) is 24.5 Å². The second-order valence-electron chi connectivity index (χ2n) is 6.30. The number of hydrogen-bond acceptors (Lipinski definition) is 2. The molecule has 0 spiro atoms. The minimum Gasteiger partial charge on any atom is -0.378 e. The van der Waals surface area contributed by atoms with Crippen molar-refractivity contribution < 1.29 is 4.74 Å². The summed E-state index contributed by atoms with van der Waals surface area (Å²) in [7, 11) is 2.16. The minimum atomic E-state index is 0.576. The van der Waals surface area contributed by atoms with Crippen LogP contribution in [0.2, 0.25) is 0 Å². The molecule has 18 heavy (non-hydrogen) atoms. The highest BCUT2D eigenvalue weighted by Gasteiger charge is 2.33. The molecule has 0 radical (unpaired) electrons. The molecular weight excluding hydrogens is 222 g/mol. The summed E-state index contributed by atoms with van der Waals surface area (Å²) in [4.78, 5) is 0. The first kappa shape index (κ1) is 14.3. The lowest BCUT2D eigenvalue weighted by Gasteiger charge is -2.38. The predicted molar refractivity (Wildman–Crippen MR) is 76.8 cm³/mol. The number of hydrogen-bond donors (Lipinski definition) is 1. The van der Waals surface area contributed by atoms with Crippen LogP contribution in [-0.2, 0) is 4.74 Å². The highest BCUT2D eigenvalue weighted by Crippen LogP contribution is 2.36. The number of nitrogens with one attached hydrogen (secondary N) is 1. The number of rotatable bonds is 6. The minimum absolute atomic E-state index is 0.576. The van der Waals surface area contributed by atoms with Gasteiger partial charge in [-0.2, -0.15) is 0 Å². The highest BCUT2D eigenvalue weighted by atomic mass is 16.5. The lowest BCUT2D eigenvalue weighted by molar-refractivity contribution is -0.0307. The molecule has 0 aliphatic heterocycles. The molecule has 0 bridgehead atoms. The quantitative estimate of drug-likeness (QED) is 0.728. The van der Waals surface area contributed by atoms with E-state index in [1.807, 2.05) is 0 Å². The normalized spacial score (nSPS) is 31.7. The molecule has 2 saturated carbocycles. The van der Waals surface area contributed by atoms with Gasteiger partial charge in [-0.3, -0.25) is 0 Å². The molecule has 2 fully saturated rings. The Morgan fingerprint density at radius 2 is 1.78 bits per heavy atom. The van der Waals surface area contributed by atoms with Gasteiger partial charge >= 0.3 is 0 Å². The van der Waals surface area contributed by atoms with Crippen molar-refractivity contribution in [3.05, 3.63) is 0 Å². The summed E-state index contributed by atoms with van der Waals surface area (Å²) in [5.41, 5.74) is 0. The van der Waals surface area contributed by atoms with Gasteiger partial charge in [0, 0.05) is 12.6 Å². The van der Waals surface area contributed by atoms with Crippen molar-refractivity contribution in [1.29, 1.82) is 0 Å². The summed E-state index contributed by atoms with van der Waals surface area (Å²) in [5.74, 6) is 1.85. The van der Waals surface area contributed by atoms with Crippen LogP contribution < -0.4 is 5.32 Å². The van der Waals surface area contributed by atoms with Crippen molar-refractivity contribution >= 4 is 0 Å². The standard InChI is InChI=1S/C16H31NO/c1-3-18-15-10-13(11-15)12-16(17-2)14-8-6-4-5-7-9-14/h13-17H,3-12H2,1-2H3. The van der Waals surface area contributed by atoms with E-state index in [-0.39, 0.29) is 0 Å². The van der Waals surface area contributed by atoms with Gasteiger partial charge in [0.2, 0.25) is 0 Å². The van der Waals surface area contributed by atoms with Gasteiger partial charge in [0.1, 0.15) is 0 Å². The van der Waals surface area contributed by atoms with Gasteiger partial charge in [0.25, 0.3) is 0 Å². The summed E-state index contributed by atoms with van der Waals surface area (Å²) >= 11 is 0. The Morgan fingerprint density at radius 3 is 2.33 bits per heavy atom. The fourth-order valence-corrected chi connectivity index (χ4v) is 3.86. The van der Waals surface area contributed by atoms with E-state index in [4.69, 9.17) is 4.74 Å². The Hall–Kier alpha value is -0.0800. The lowest BCUT2D eigenvalue weighted by Crippen LogP contribution is -2.40. The average Bonchev–Trinajstić information content (AvgIpc) is 2.61. The Bertz CT molecular complexity index is 217. The molecule has 0 aromatic heterocycles. The zero-order chi connectivity index (χ0) is 12.8. The van der Waals surface area contributed by atoms with Crippen molar-refractivity contribution in [1.82, 2.24) is 5.32 Å². The Labute approximate surface area is 113 Å². The van der Waals surface area contributed by atoms with Crippen LogP contribution in [0.4, 0.5) is 0 Å². The molecule has 2 aliphatic rings. The van der Waals surface area contributed by atoms with Gasteiger partial charge in [-0.15, -0.1) is 0 Å². The van der Waals surface area contributed by atoms with Crippen LogP contribution in [0.25, 0.3) is 0 Å². The van der Waals surface area contributed by atoms with E-state index in [9.17, 15) is 0 Å². The fourth-order valence-electron chi connectivity index (χ4n) is 3.86. The summed E-state index contributed by atoms with van der Waals surface area (Å²) in [5, 5.41) is 3.60. The van der Waals surface area contributed by atoms with Crippen molar-refractivity contribution in [2.45, 2.75) is 76.9 Å². The third-order valence-electron chi connectivity index (χ3n) is 5.02. The zero-order valence-electron chi connectivity index (χ0n) is 12.3. The molecule has 0 amide bonds. The first-order valence-corrected chi connectivity index (χ1v) is 8.12. The molecule has 0 heterocycles. The topological polar surface area (TPSA) is 21.3 Å². The molecule has 0 aromatic carbocycles. The van der Waals surface area contributed by atoms with E-state index in [0.29, 0.717) is 6.10 Å². The molecule has 2 rings (SSSR count). The Balaban J connectivity index is 1.72. The van der Waals surface area contributed by atoms with Gasteiger partial charge in [-0.1, -0.05) is 25.7 Å². The Kier molecular flexibility index (Phi) is 5.97. The predicted octanol–water partition coefficient (Wildman–Crippen LogP) is 3.75. The van der Waals surface area contributed by atoms with Crippen LogP contribution in [0.15, 0.2) is 0 Å². The van der Waals surface area contributed by atoms with Crippen molar-refractivity contribution in [3.63, 3.8) is 0 Å². The highest BCUT2D eigenvalue weighted by molar-refractivity contribution is 4.87. The van der Waals surface area contributed by atoms with Crippen molar-refractivity contribution in [2.75, 3.05) is 13.7 Å². The van der Waals surface area contributed by atoms with Gasteiger partial charge in [0.15, 0.2) is 0 Å². The van der Waals surface area contributed by atoms with Crippen LogP contribution in [0, 0.1) is 11.8 Å².